The van der Waals surface area contributed by atoms with Crippen LogP contribution in [0, 0.1) is 0 Å². The van der Waals surface area contributed by atoms with Crippen LogP contribution in [-0.2, 0) is 11.3 Å². The number of carbonyl (C=O) groups is 1. The van der Waals surface area contributed by atoms with Gasteiger partial charge in [-0.3, -0.25) is 9.59 Å². The molecular formula is C23H24N2O4S. The molecule has 0 saturated carbocycles. The molecule has 1 aliphatic rings. The van der Waals surface area contributed by atoms with Gasteiger partial charge >= 0.3 is 0 Å². The minimum absolute atomic E-state index is 0.0521. The van der Waals surface area contributed by atoms with E-state index >= 15 is 0 Å². The molecule has 3 aromatic rings. The Morgan fingerprint density at radius 1 is 1.13 bits per heavy atom. The van der Waals surface area contributed by atoms with E-state index in [0.29, 0.717) is 25.5 Å². The number of carbonyl (C=O) groups excluding carboxylic acids is 1. The number of aromatic nitrogens is 1. The van der Waals surface area contributed by atoms with E-state index in [4.69, 9.17) is 9.47 Å². The van der Waals surface area contributed by atoms with Gasteiger partial charge in [-0.25, -0.2) is 0 Å². The SMILES string of the molecule is CCn1c(=O)cc(SCC(=O)NC(C)c2ccc3c(c2)OCCO3)c2ccccc21. The topological polar surface area (TPSA) is 69.6 Å². The number of thioether (sulfide) groups is 1. The molecule has 1 aromatic heterocycles. The van der Waals surface area contributed by atoms with Crippen molar-refractivity contribution in [3.8, 4) is 11.5 Å². The van der Waals surface area contributed by atoms with Crippen molar-refractivity contribution in [2.24, 2.45) is 0 Å². The lowest BCUT2D eigenvalue weighted by molar-refractivity contribution is -0.119. The summed E-state index contributed by atoms with van der Waals surface area (Å²) in [6.07, 6.45) is 0. The van der Waals surface area contributed by atoms with Crippen LogP contribution in [0.2, 0.25) is 0 Å². The number of ether oxygens (including phenoxy) is 2. The summed E-state index contributed by atoms with van der Waals surface area (Å²) in [4.78, 5) is 25.8. The van der Waals surface area contributed by atoms with Gasteiger partial charge in [0.15, 0.2) is 11.5 Å². The van der Waals surface area contributed by atoms with Gasteiger partial charge in [-0.1, -0.05) is 24.3 Å². The second-order valence-corrected chi connectivity index (χ2v) is 8.11. The smallest absolute Gasteiger partial charge is 0.252 e. The molecule has 0 radical (unpaired) electrons. The molecular weight excluding hydrogens is 400 g/mol. The lowest BCUT2D eigenvalue weighted by atomic mass is 10.1. The maximum Gasteiger partial charge on any atom is 0.252 e. The molecule has 7 heteroatoms. The average molecular weight is 425 g/mol. The number of para-hydroxylation sites is 1. The molecule has 0 spiro atoms. The van der Waals surface area contributed by atoms with Crippen molar-refractivity contribution in [2.75, 3.05) is 19.0 Å². The highest BCUT2D eigenvalue weighted by atomic mass is 32.2. The molecule has 1 aliphatic heterocycles. The summed E-state index contributed by atoms with van der Waals surface area (Å²) >= 11 is 1.38. The fourth-order valence-electron chi connectivity index (χ4n) is 3.59. The third kappa shape index (κ3) is 4.16. The molecule has 1 unspecified atom stereocenters. The van der Waals surface area contributed by atoms with Crippen LogP contribution in [0.5, 0.6) is 11.5 Å². The number of pyridine rings is 1. The number of aryl methyl sites for hydroxylation is 1. The Hall–Kier alpha value is -2.93. The molecule has 2 aromatic carbocycles. The molecule has 1 atom stereocenters. The third-order valence-corrected chi connectivity index (χ3v) is 6.15. The first kappa shape index (κ1) is 20.3. The zero-order valence-electron chi connectivity index (χ0n) is 17.0. The van der Waals surface area contributed by atoms with Crippen molar-refractivity contribution >= 4 is 28.6 Å². The highest BCUT2D eigenvalue weighted by Crippen LogP contribution is 2.32. The first-order chi connectivity index (χ1) is 14.6. The Labute approximate surface area is 179 Å². The third-order valence-electron chi connectivity index (χ3n) is 5.10. The lowest BCUT2D eigenvalue weighted by Crippen LogP contribution is -2.28. The number of fused-ring (bicyclic) bond motifs is 2. The van der Waals surface area contributed by atoms with Gasteiger partial charge in [-0.15, -0.1) is 11.8 Å². The fraction of sp³-hybridized carbons (Fsp3) is 0.304. The van der Waals surface area contributed by atoms with Crippen LogP contribution in [0.1, 0.15) is 25.5 Å². The van der Waals surface area contributed by atoms with E-state index in [1.165, 1.54) is 11.8 Å². The molecule has 2 heterocycles. The molecule has 30 heavy (non-hydrogen) atoms. The number of benzene rings is 2. The van der Waals surface area contributed by atoms with Crippen molar-refractivity contribution in [1.82, 2.24) is 9.88 Å². The number of amides is 1. The van der Waals surface area contributed by atoms with E-state index in [1.807, 2.05) is 56.3 Å². The highest BCUT2D eigenvalue weighted by Gasteiger charge is 2.16. The summed E-state index contributed by atoms with van der Waals surface area (Å²) in [6, 6.07) is 15.0. The normalized spacial score (nSPS) is 13.8. The maximum absolute atomic E-state index is 12.6. The Balaban J connectivity index is 1.45. The second-order valence-electron chi connectivity index (χ2n) is 7.09. The quantitative estimate of drug-likeness (QED) is 0.610. The van der Waals surface area contributed by atoms with Crippen LogP contribution in [0.3, 0.4) is 0 Å². The Morgan fingerprint density at radius 2 is 1.90 bits per heavy atom. The van der Waals surface area contributed by atoms with E-state index in [0.717, 1.165) is 27.1 Å². The molecule has 0 bridgehead atoms. The summed E-state index contributed by atoms with van der Waals surface area (Å²) in [7, 11) is 0. The average Bonchev–Trinajstić information content (AvgIpc) is 2.77. The van der Waals surface area contributed by atoms with Crippen molar-refractivity contribution in [1.29, 1.82) is 0 Å². The van der Waals surface area contributed by atoms with Crippen LogP contribution in [-0.4, -0.2) is 29.4 Å². The maximum atomic E-state index is 12.6. The van der Waals surface area contributed by atoms with Gasteiger partial charge in [0.2, 0.25) is 5.91 Å². The number of rotatable bonds is 6. The van der Waals surface area contributed by atoms with Crippen molar-refractivity contribution in [2.45, 2.75) is 31.3 Å². The van der Waals surface area contributed by atoms with E-state index in [9.17, 15) is 9.59 Å². The minimum Gasteiger partial charge on any atom is -0.486 e. The number of hydrogen-bond acceptors (Lipinski definition) is 5. The molecule has 0 fully saturated rings. The van der Waals surface area contributed by atoms with Gasteiger partial charge < -0.3 is 19.4 Å². The van der Waals surface area contributed by atoms with Crippen LogP contribution >= 0.6 is 11.8 Å². The Kier molecular flexibility index (Phi) is 5.99. The molecule has 6 nitrogen and oxygen atoms in total. The van der Waals surface area contributed by atoms with E-state index in [-0.39, 0.29) is 23.3 Å². The number of nitrogens with one attached hydrogen (secondary N) is 1. The van der Waals surface area contributed by atoms with Crippen LogP contribution in [0.4, 0.5) is 0 Å². The first-order valence-corrected chi connectivity index (χ1v) is 11.0. The molecule has 4 rings (SSSR count). The molecule has 0 aliphatic carbocycles. The number of nitrogens with zero attached hydrogens (tertiary/aromatic N) is 1. The lowest BCUT2D eigenvalue weighted by Gasteiger charge is -2.21. The van der Waals surface area contributed by atoms with E-state index in [1.54, 1.807) is 10.6 Å². The van der Waals surface area contributed by atoms with Gasteiger partial charge in [0.05, 0.1) is 17.3 Å². The second kappa shape index (κ2) is 8.83. The van der Waals surface area contributed by atoms with Gasteiger partial charge in [0.1, 0.15) is 13.2 Å². The van der Waals surface area contributed by atoms with Crippen molar-refractivity contribution < 1.29 is 14.3 Å². The van der Waals surface area contributed by atoms with Crippen molar-refractivity contribution in [3.63, 3.8) is 0 Å². The van der Waals surface area contributed by atoms with Gasteiger partial charge in [0.25, 0.3) is 5.56 Å². The van der Waals surface area contributed by atoms with Gasteiger partial charge in [-0.2, -0.15) is 0 Å². The summed E-state index contributed by atoms with van der Waals surface area (Å²) in [5, 5.41) is 4.00. The van der Waals surface area contributed by atoms with Crippen LogP contribution < -0.4 is 20.3 Å². The van der Waals surface area contributed by atoms with Crippen LogP contribution in [0.25, 0.3) is 10.9 Å². The van der Waals surface area contributed by atoms with Crippen molar-refractivity contribution in [3.05, 3.63) is 64.4 Å². The Bertz CT molecular complexity index is 1140. The van der Waals surface area contributed by atoms with Crippen LogP contribution in [0.15, 0.2) is 58.2 Å². The molecule has 1 amide bonds. The molecule has 0 saturated heterocycles. The predicted molar refractivity (Wildman–Crippen MR) is 119 cm³/mol. The summed E-state index contributed by atoms with van der Waals surface area (Å²) in [5.74, 6) is 1.57. The fourth-order valence-corrected chi connectivity index (χ4v) is 4.47. The first-order valence-electron chi connectivity index (χ1n) is 10.0. The van der Waals surface area contributed by atoms with E-state index < -0.39 is 0 Å². The van der Waals surface area contributed by atoms with E-state index in [2.05, 4.69) is 5.32 Å². The summed E-state index contributed by atoms with van der Waals surface area (Å²) < 4.78 is 12.9. The zero-order valence-corrected chi connectivity index (χ0v) is 17.8. The van der Waals surface area contributed by atoms with Gasteiger partial charge in [-0.05, 0) is 37.6 Å². The monoisotopic (exact) mass is 424 g/mol. The molecule has 156 valence electrons. The predicted octanol–water partition coefficient (Wildman–Crippen LogP) is 3.76. The largest absolute Gasteiger partial charge is 0.486 e. The minimum atomic E-state index is -0.168. The highest BCUT2D eigenvalue weighted by molar-refractivity contribution is 8.00. The summed E-state index contributed by atoms with van der Waals surface area (Å²) in [6.45, 7) is 5.57. The Morgan fingerprint density at radius 3 is 2.70 bits per heavy atom. The number of hydrogen-bond donors (Lipinski definition) is 1. The standard InChI is InChI=1S/C23H24N2O4S/c1-3-25-18-7-5-4-6-17(18)21(13-23(25)27)30-14-22(26)24-15(2)16-8-9-19-20(12-16)29-11-10-28-19/h4-9,12-13,15H,3,10-11,14H2,1-2H3,(H,24,26). The zero-order chi connectivity index (χ0) is 21.1. The summed E-state index contributed by atoms with van der Waals surface area (Å²) in [5.41, 5.74) is 1.79. The molecule has 1 N–H and O–H groups in total. The van der Waals surface area contributed by atoms with Gasteiger partial charge in [0, 0.05) is 22.9 Å².